The molecule has 3 aliphatic carbocycles. The van der Waals surface area contributed by atoms with E-state index in [9.17, 15) is 10.2 Å². The summed E-state index contributed by atoms with van der Waals surface area (Å²) < 4.78 is 6.49. The average molecular weight is 363 g/mol. The van der Waals surface area contributed by atoms with Gasteiger partial charge in [-0.25, -0.2) is 0 Å². The van der Waals surface area contributed by atoms with Crippen LogP contribution in [0.3, 0.4) is 0 Å². The van der Waals surface area contributed by atoms with Crippen LogP contribution in [0.1, 0.15) is 24.8 Å². The zero-order valence-electron chi connectivity index (χ0n) is 15.3. The van der Waals surface area contributed by atoms with Crippen molar-refractivity contribution < 1.29 is 14.9 Å². The van der Waals surface area contributed by atoms with Gasteiger partial charge in [0, 0.05) is 35.8 Å². The van der Waals surface area contributed by atoms with Gasteiger partial charge in [-0.2, -0.15) is 0 Å². The minimum absolute atomic E-state index is 0.200. The molecule has 140 valence electrons. The summed E-state index contributed by atoms with van der Waals surface area (Å²) in [7, 11) is 0. The predicted molar refractivity (Wildman–Crippen MR) is 102 cm³/mol. The van der Waals surface area contributed by atoms with Crippen LogP contribution in [-0.2, 0) is 11.2 Å². The maximum Gasteiger partial charge on any atom is 0.138 e. The third-order valence-electron chi connectivity index (χ3n) is 7.45. The van der Waals surface area contributed by atoms with Crippen LogP contribution >= 0.6 is 0 Å². The Morgan fingerprint density at radius 3 is 2.89 bits per heavy atom. The monoisotopic (exact) mass is 363 g/mol. The smallest absolute Gasteiger partial charge is 0.138 e. The van der Waals surface area contributed by atoms with Crippen molar-refractivity contribution in [1.82, 2.24) is 5.32 Å². The quantitative estimate of drug-likeness (QED) is 0.706. The van der Waals surface area contributed by atoms with Gasteiger partial charge in [0.05, 0.1) is 0 Å². The van der Waals surface area contributed by atoms with Crippen LogP contribution in [0.4, 0.5) is 0 Å². The second-order valence-electron chi connectivity index (χ2n) is 8.83. The van der Waals surface area contributed by atoms with Crippen molar-refractivity contribution in [2.75, 3.05) is 6.54 Å². The molecule has 1 aromatic rings. The molecule has 6 atom stereocenters. The summed E-state index contributed by atoms with van der Waals surface area (Å²) in [5, 5.41) is 26.1. The standard InChI is InChI=1S/C23H25NO3/c25-18-7-6-16-17-12-15-8-9-22(26,13-14-4-2-1-3-5-14)21-19(15)23(16,10-11-24-17)20(18)27-21/h1-8,16-18,20,24-26H,9-13H2/t16-,17+,18-,20-,22?,23-/m0/s1. The first-order valence-corrected chi connectivity index (χ1v) is 10.1. The van der Waals surface area contributed by atoms with Gasteiger partial charge in [0.1, 0.15) is 23.6 Å². The zero-order chi connectivity index (χ0) is 18.2. The summed E-state index contributed by atoms with van der Waals surface area (Å²) in [6, 6.07) is 10.5. The van der Waals surface area contributed by atoms with Crippen molar-refractivity contribution in [3.63, 3.8) is 0 Å². The van der Waals surface area contributed by atoms with E-state index < -0.39 is 11.7 Å². The molecule has 1 spiro atoms. The Balaban J connectivity index is 1.51. The third-order valence-corrected chi connectivity index (χ3v) is 7.45. The molecule has 4 heteroatoms. The number of hydrogen-bond donors (Lipinski definition) is 3. The second kappa shape index (κ2) is 5.34. The predicted octanol–water partition coefficient (Wildman–Crippen LogP) is 2.24. The Labute approximate surface area is 159 Å². The van der Waals surface area contributed by atoms with E-state index in [1.54, 1.807) is 0 Å². The molecule has 2 fully saturated rings. The molecule has 6 rings (SSSR count). The van der Waals surface area contributed by atoms with Gasteiger partial charge in [-0.3, -0.25) is 0 Å². The summed E-state index contributed by atoms with van der Waals surface area (Å²) in [6.07, 6.45) is 8.44. The summed E-state index contributed by atoms with van der Waals surface area (Å²) >= 11 is 0. The number of nitrogens with one attached hydrogen (secondary N) is 1. The van der Waals surface area contributed by atoms with Gasteiger partial charge in [-0.15, -0.1) is 0 Å². The van der Waals surface area contributed by atoms with Gasteiger partial charge < -0.3 is 20.3 Å². The molecule has 1 saturated carbocycles. The third kappa shape index (κ3) is 1.98. The Kier molecular flexibility index (Phi) is 3.19. The van der Waals surface area contributed by atoms with Crippen LogP contribution in [0.15, 0.2) is 65.5 Å². The lowest BCUT2D eigenvalue weighted by atomic mass is 9.51. The van der Waals surface area contributed by atoms with E-state index in [2.05, 4.69) is 29.6 Å². The molecule has 1 saturated heterocycles. The number of aliphatic hydroxyl groups is 2. The number of hydrogen-bond acceptors (Lipinski definition) is 4. The first-order chi connectivity index (χ1) is 13.1. The molecular formula is C23H25NO3. The van der Waals surface area contributed by atoms with E-state index in [1.165, 1.54) is 11.1 Å². The number of benzene rings is 1. The van der Waals surface area contributed by atoms with Crippen LogP contribution in [-0.4, -0.2) is 40.6 Å². The SMILES string of the molecule is O[C@H]1C=C[C@H]2[C@H]3CC4=CCC(O)(Cc5ccccc5)C5=C4[C@@]2(CCN3)[C@H]1O5. The first-order valence-electron chi connectivity index (χ1n) is 10.1. The van der Waals surface area contributed by atoms with Gasteiger partial charge >= 0.3 is 0 Å². The lowest BCUT2D eigenvalue weighted by Crippen LogP contribution is -2.62. The Morgan fingerprint density at radius 1 is 1.19 bits per heavy atom. The van der Waals surface area contributed by atoms with Crippen molar-refractivity contribution in [3.05, 3.63) is 71.0 Å². The number of aliphatic hydroxyl groups excluding tert-OH is 1. The average Bonchev–Trinajstić information content (AvgIpc) is 3.01. The van der Waals surface area contributed by atoms with E-state index in [4.69, 9.17) is 4.74 Å². The second-order valence-corrected chi connectivity index (χ2v) is 8.83. The van der Waals surface area contributed by atoms with Gasteiger partial charge in [-0.1, -0.05) is 48.6 Å². The molecule has 0 aromatic heterocycles. The number of piperidine rings is 1. The largest absolute Gasteiger partial charge is 0.487 e. The lowest BCUT2D eigenvalue weighted by Gasteiger charge is -2.55. The molecule has 2 bridgehead atoms. The Morgan fingerprint density at radius 2 is 2.04 bits per heavy atom. The maximum absolute atomic E-state index is 11.7. The summed E-state index contributed by atoms with van der Waals surface area (Å²) in [6.45, 7) is 0.933. The Bertz CT molecular complexity index is 888. The topological polar surface area (TPSA) is 61.7 Å². The van der Waals surface area contributed by atoms with E-state index in [0.717, 1.165) is 30.7 Å². The molecule has 4 nitrogen and oxygen atoms in total. The van der Waals surface area contributed by atoms with Gasteiger partial charge in [-0.05, 0) is 30.5 Å². The minimum Gasteiger partial charge on any atom is -0.487 e. The van der Waals surface area contributed by atoms with Crippen LogP contribution in [0, 0.1) is 11.3 Å². The van der Waals surface area contributed by atoms with Crippen LogP contribution in [0.2, 0.25) is 0 Å². The van der Waals surface area contributed by atoms with Gasteiger partial charge in [0.15, 0.2) is 0 Å². The summed E-state index contributed by atoms with van der Waals surface area (Å²) in [5.74, 6) is 1.06. The highest BCUT2D eigenvalue weighted by Crippen LogP contribution is 2.65. The molecule has 1 aromatic carbocycles. The number of ether oxygens (including phenoxy) is 1. The molecule has 27 heavy (non-hydrogen) atoms. The highest BCUT2D eigenvalue weighted by molar-refractivity contribution is 5.55. The summed E-state index contributed by atoms with van der Waals surface area (Å²) in [4.78, 5) is 0. The van der Waals surface area contributed by atoms with Gasteiger partial charge in [0.2, 0.25) is 0 Å². The van der Waals surface area contributed by atoms with Crippen molar-refractivity contribution in [3.8, 4) is 0 Å². The van der Waals surface area contributed by atoms with Crippen molar-refractivity contribution in [2.24, 2.45) is 11.3 Å². The van der Waals surface area contributed by atoms with Crippen molar-refractivity contribution in [1.29, 1.82) is 0 Å². The lowest BCUT2D eigenvalue weighted by molar-refractivity contribution is -0.0865. The fourth-order valence-electron chi connectivity index (χ4n) is 6.38. The van der Waals surface area contributed by atoms with E-state index in [1.807, 2.05) is 24.3 Å². The highest BCUT2D eigenvalue weighted by Gasteiger charge is 2.66. The molecular weight excluding hydrogens is 338 g/mol. The number of rotatable bonds is 2. The Hall–Kier alpha value is -1.88. The maximum atomic E-state index is 11.7. The zero-order valence-corrected chi connectivity index (χ0v) is 15.3. The van der Waals surface area contributed by atoms with E-state index in [-0.39, 0.29) is 11.5 Å². The van der Waals surface area contributed by atoms with Gasteiger partial charge in [0.25, 0.3) is 0 Å². The summed E-state index contributed by atoms with van der Waals surface area (Å²) in [5.41, 5.74) is 2.41. The molecule has 2 aliphatic heterocycles. The fraction of sp³-hybridized carbons (Fsp3) is 0.478. The molecule has 0 radical (unpaired) electrons. The first kappa shape index (κ1) is 16.1. The molecule has 0 amide bonds. The molecule has 1 unspecified atom stereocenters. The minimum atomic E-state index is -1.03. The normalized spacial score (nSPS) is 43.9. The van der Waals surface area contributed by atoms with Crippen LogP contribution in [0.5, 0.6) is 0 Å². The van der Waals surface area contributed by atoms with Crippen LogP contribution in [0.25, 0.3) is 0 Å². The highest BCUT2D eigenvalue weighted by atomic mass is 16.5. The molecule has 2 heterocycles. The fourth-order valence-corrected chi connectivity index (χ4v) is 6.38. The van der Waals surface area contributed by atoms with E-state index in [0.29, 0.717) is 24.8 Å². The molecule has 5 aliphatic rings. The van der Waals surface area contributed by atoms with Crippen molar-refractivity contribution in [2.45, 2.75) is 49.5 Å². The van der Waals surface area contributed by atoms with Crippen molar-refractivity contribution >= 4 is 0 Å². The van der Waals surface area contributed by atoms with Crippen LogP contribution < -0.4 is 5.32 Å². The molecule has 3 N–H and O–H groups in total. The van der Waals surface area contributed by atoms with E-state index >= 15 is 0 Å².